The Balaban J connectivity index is 1.25. The topological polar surface area (TPSA) is 57.3 Å². The SMILES string of the molecule is CCC[C@@]1(O)CCC2[C@@H](CC[C@@H]3[C@@H]2CC[C@]2(C)C([C@H](C)CC4CCCN=NC(C)=N4)CC[C@@H]32)C1. The number of aliphatic imine (C=N–C) groups is 1. The number of hydrogen-bond acceptors (Lipinski definition) is 4. The number of hydrogen-bond donors (Lipinski definition) is 1. The van der Waals surface area contributed by atoms with E-state index in [0.717, 1.165) is 85.9 Å². The molecule has 3 unspecified atom stereocenters. The molecule has 1 heterocycles. The van der Waals surface area contributed by atoms with Gasteiger partial charge in [-0.2, -0.15) is 5.11 Å². The molecule has 4 aliphatic carbocycles. The highest BCUT2D eigenvalue weighted by atomic mass is 16.3. The Labute approximate surface area is 208 Å². The molecule has 4 fully saturated rings. The summed E-state index contributed by atoms with van der Waals surface area (Å²) in [5, 5.41) is 19.7. The van der Waals surface area contributed by atoms with Crippen molar-refractivity contribution in [2.75, 3.05) is 6.54 Å². The molecular formula is C30H51N3O. The van der Waals surface area contributed by atoms with Crippen LogP contribution in [0.25, 0.3) is 0 Å². The number of nitrogens with zero attached hydrogens (tertiary/aromatic N) is 3. The summed E-state index contributed by atoms with van der Waals surface area (Å²) in [6, 6.07) is 0.438. The van der Waals surface area contributed by atoms with Crippen LogP contribution in [0.5, 0.6) is 0 Å². The maximum atomic E-state index is 11.2. The van der Waals surface area contributed by atoms with Crippen LogP contribution in [-0.2, 0) is 0 Å². The normalized spacial score (nSPS) is 47.6. The van der Waals surface area contributed by atoms with Crippen LogP contribution in [0, 0.1) is 46.8 Å². The molecule has 4 nitrogen and oxygen atoms in total. The quantitative estimate of drug-likeness (QED) is 0.438. The molecule has 1 aliphatic heterocycles. The van der Waals surface area contributed by atoms with E-state index in [2.05, 4.69) is 31.0 Å². The lowest BCUT2D eigenvalue weighted by molar-refractivity contribution is -0.110. The summed E-state index contributed by atoms with van der Waals surface area (Å²) in [6.07, 6.45) is 17.7. The molecule has 5 rings (SSSR count). The van der Waals surface area contributed by atoms with Gasteiger partial charge >= 0.3 is 0 Å². The smallest absolute Gasteiger partial charge is 0.142 e. The van der Waals surface area contributed by atoms with Crippen LogP contribution in [-0.4, -0.2) is 29.1 Å². The zero-order valence-corrected chi connectivity index (χ0v) is 22.5. The highest BCUT2D eigenvalue weighted by Crippen LogP contribution is 2.66. The molecule has 0 bridgehead atoms. The second kappa shape index (κ2) is 9.94. The van der Waals surface area contributed by atoms with Gasteiger partial charge in [0.1, 0.15) is 5.84 Å². The van der Waals surface area contributed by atoms with E-state index >= 15 is 0 Å². The van der Waals surface area contributed by atoms with Crippen LogP contribution in [0.3, 0.4) is 0 Å². The molecule has 34 heavy (non-hydrogen) atoms. The second-order valence-electron chi connectivity index (χ2n) is 13.5. The fraction of sp³-hybridized carbons (Fsp3) is 0.967. The Hall–Kier alpha value is -0.770. The van der Waals surface area contributed by atoms with Crippen LogP contribution in [0.15, 0.2) is 15.2 Å². The average Bonchev–Trinajstić information content (AvgIpc) is 3.14. The zero-order valence-electron chi connectivity index (χ0n) is 22.5. The van der Waals surface area contributed by atoms with E-state index in [0.29, 0.717) is 11.5 Å². The first-order chi connectivity index (χ1) is 16.3. The largest absolute Gasteiger partial charge is 0.390 e. The van der Waals surface area contributed by atoms with Crippen LogP contribution < -0.4 is 0 Å². The van der Waals surface area contributed by atoms with E-state index in [4.69, 9.17) is 4.99 Å². The molecule has 4 saturated carbocycles. The molecule has 0 amide bonds. The van der Waals surface area contributed by atoms with Crippen molar-refractivity contribution in [1.82, 2.24) is 0 Å². The third-order valence-corrected chi connectivity index (χ3v) is 11.6. The lowest BCUT2D eigenvalue weighted by Gasteiger charge is -2.57. The third kappa shape index (κ3) is 4.66. The van der Waals surface area contributed by atoms with Gasteiger partial charge in [-0.05, 0) is 137 Å². The summed E-state index contributed by atoms with van der Waals surface area (Å²) in [5.74, 6) is 7.02. The van der Waals surface area contributed by atoms with Gasteiger partial charge in [-0.3, -0.25) is 4.99 Å². The van der Waals surface area contributed by atoms with E-state index in [9.17, 15) is 5.11 Å². The van der Waals surface area contributed by atoms with Gasteiger partial charge in [0.15, 0.2) is 0 Å². The molecular weight excluding hydrogens is 418 g/mol. The van der Waals surface area contributed by atoms with Crippen molar-refractivity contribution >= 4 is 5.84 Å². The van der Waals surface area contributed by atoms with E-state index in [1.807, 2.05) is 6.92 Å². The molecule has 192 valence electrons. The van der Waals surface area contributed by atoms with E-state index in [1.165, 1.54) is 57.8 Å². The van der Waals surface area contributed by atoms with Crippen molar-refractivity contribution < 1.29 is 5.11 Å². The van der Waals surface area contributed by atoms with Gasteiger partial charge in [0, 0.05) is 0 Å². The minimum atomic E-state index is -0.348. The van der Waals surface area contributed by atoms with Crippen molar-refractivity contribution in [3.63, 3.8) is 0 Å². The fourth-order valence-corrected chi connectivity index (χ4v) is 10.3. The molecule has 0 aromatic heterocycles. The summed E-state index contributed by atoms with van der Waals surface area (Å²) in [4.78, 5) is 4.95. The predicted octanol–water partition coefficient (Wildman–Crippen LogP) is 7.85. The summed E-state index contributed by atoms with van der Waals surface area (Å²) >= 11 is 0. The minimum Gasteiger partial charge on any atom is -0.390 e. The number of amidine groups is 1. The molecule has 4 heteroatoms. The Morgan fingerprint density at radius 3 is 2.65 bits per heavy atom. The Morgan fingerprint density at radius 1 is 1.00 bits per heavy atom. The molecule has 0 spiro atoms. The van der Waals surface area contributed by atoms with Gasteiger partial charge in [0.25, 0.3) is 0 Å². The van der Waals surface area contributed by atoms with Crippen molar-refractivity contribution in [2.24, 2.45) is 62.1 Å². The Morgan fingerprint density at radius 2 is 1.82 bits per heavy atom. The maximum absolute atomic E-state index is 11.2. The fourth-order valence-electron chi connectivity index (χ4n) is 10.3. The van der Waals surface area contributed by atoms with Crippen LogP contribution in [0.2, 0.25) is 0 Å². The first kappa shape index (κ1) is 24.9. The highest BCUT2D eigenvalue weighted by molar-refractivity contribution is 5.80. The van der Waals surface area contributed by atoms with Gasteiger partial charge in [-0.25, -0.2) is 0 Å². The average molecular weight is 470 g/mol. The van der Waals surface area contributed by atoms with Crippen molar-refractivity contribution in [3.8, 4) is 0 Å². The van der Waals surface area contributed by atoms with Gasteiger partial charge in [-0.1, -0.05) is 27.2 Å². The predicted molar refractivity (Wildman–Crippen MR) is 140 cm³/mol. The van der Waals surface area contributed by atoms with Gasteiger partial charge in [0.05, 0.1) is 18.2 Å². The van der Waals surface area contributed by atoms with E-state index in [1.54, 1.807) is 0 Å². The number of rotatable bonds is 5. The summed E-state index contributed by atoms with van der Waals surface area (Å²) in [6.45, 7) is 10.3. The summed E-state index contributed by atoms with van der Waals surface area (Å²) in [7, 11) is 0. The summed E-state index contributed by atoms with van der Waals surface area (Å²) < 4.78 is 0. The minimum absolute atomic E-state index is 0.348. The lowest BCUT2D eigenvalue weighted by atomic mass is 9.48. The summed E-state index contributed by atoms with van der Waals surface area (Å²) in [5.41, 5.74) is 0.185. The van der Waals surface area contributed by atoms with Crippen molar-refractivity contribution in [3.05, 3.63) is 0 Å². The highest BCUT2D eigenvalue weighted by Gasteiger charge is 2.58. The van der Waals surface area contributed by atoms with Crippen LogP contribution in [0.1, 0.15) is 118 Å². The standard InChI is InChI=1S/C30H51N3O/c1-5-14-30(34)16-13-24-22(19-30)8-9-26-25(24)12-15-29(4)27(10-11-28(26)29)20(2)18-23-7-6-17-31-33-21(3)32-23/h20,22-28,34H,5-19H2,1-4H3/t20-,22+,23?,24?,25-,26-,27?,28+,29-,30-/m1/s1. The zero-order chi connectivity index (χ0) is 23.9. The van der Waals surface area contributed by atoms with Crippen LogP contribution >= 0.6 is 0 Å². The van der Waals surface area contributed by atoms with Crippen molar-refractivity contribution in [2.45, 2.75) is 129 Å². The molecule has 5 aliphatic rings. The van der Waals surface area contributed by atoms with Crippen LogP contribution in [0.4, 0.5) is 0 Å². The van der Waals surface area contributed by atoms with Gasteiger partial charge in [-0.15, -0.1) is 5.11 Å². The number of fused-ring (bicyclic) bond motifs is 5. The monoisotopic (exact) mass is 469 g/mol. The molecule has 0 aromatic rings. The molecule has 0 radical (unpaired) electrons. The molecule has 1 N–H and O–H groups in total. The van der Waals surface area contributed by atoms with E-state index < -0.39 is 0 Å². The molecule has 10 atom stereocenters. The number of aliphatic hydroxyl groups is 1. The van der Waals surface area contributed by atoms with Gasteiger partial charge < -0.3 is 5.11 Å². The third-order valence-electron chi connectivity index (χ3n) is 11.6. The van der Waals surface area contributed by atoms with Crippen molar-refractivity contribution in [1.29, 1.82) is 0 Å². The first-order valence-corrected chi connectivity index (χ1v) is 15.0. The Kier molecular flexibility index (Phi) is 7.28. The number of azo groups is 1. The van der Waals surface area contributed by atoms with E-state index in [-0.39, 0.29) is 5.60 Å². The Bertz CT molecular complexity index is 779. The lowest BCUT2D eigenvalue weighted by Crippen LogP contribution is -2.51. The second-order valence-corrected chi connectivity index (χ2v) is 13.5. The molecule has 0 saturated heterocycles. The first-order valence-electron chi connectivity index (χ1n) is 15.0. The maximum Gasteiger partial charge on any atom is 0.142 e. The molecule has 0 aromatic carbocycles. The van der Waals surface area contributed by atoms with Gasteiger partial charge in [0.2, 0.25) is 0 Å².